The molecule has 2 aromatic heterocycles. The molecule has 7 nitrogen and oxygen atoms in total. The van der Waals surface area contributed by atoms with Crippen molar-refractivity contribution in [1.82, 2.24) is 20.2 Å². The Morgan fingerprint density at radius 2 is 2.06 bits per heavy atom. The summed E-state index contributed by atoms with van der Waals surface area (Å²) in [7, 11) is 0. The molecule has 1 atom stereocenters. The van der Waals surface area contributed by atoms with Gasteiger partial charge in [-0.3, -0.25) is 19.6 Å². The van der Waals surface area contributed by atoms with Gasteiger partial charge < -0.3 is 15.0 Å². The molecule has 3 rings (SSSR count). The molecule has 1 N–H and O–H groups in total. The molecular weight excluding hydrogens is 432 g/mol. The number of hydrogen-bond acceptors (Lipinski definition) is 5. The van der Waals surface area contributed by atoms with Gasteiger partial charge in [0.1, 0.15) is 11.4 Å². The molecule has 1 aliphatic heterocycles. The van der Waals surface area contributed by atoms with Gasteiger partial charge in [0.2, 0.25) is 0 Å². The number of rotatable bonds is 8. The normalized spacial score (nSPS) is 14.5. The highest BCUT2D eigenvalue weighted by atomic mass is 19.3. The smallest absolute Gasteiger partial charge is 0.340 e. The molecule has 2 aromatic rings. The van der Waals surface area contributed by atoms with E-state index in [0.717, 1.165) is 6.20 Å². The maximum absolute atomic E-state index is 13.1. The summed E-state index contributed by atoms with van der Waals surface area (Å²) >= 11 is 0. The second-order valence-corrected chi connectivity index (χ2v) is 7.38. The molecule has 11 heteroatoms. The minimum Gasteiger partial charge on any atom is -0.485 e. The molecule has 1 aliphatic rings. The van der Waals surface area contributed by atoms with E-state index in [0.29, 0.717) is 28.9 Å². The monoisotopic (exact) mass is 454 g/mol. The Hall–Kier alpha value is -3.24. The zero-order valence-corrected chi connectivity index (χ0v) is 17.7. The number of fused-ring (bicyclic) bond motifs is 1. The van der Waals surface area contributed by atoms with E-state index in [1.807, 2.05) is 0 Å². The highest BCUT2D eigenvalue weighted by molar-refractivity contribution is 6.03. The third-order valence-corrected chi connectivity index (χ3v) is 5.15. The zero-order chi connectivity index (χ0) is 23.6. The lowest BCUT2D eigenvalue weighted by Crippen LogP contribution is -2.34. The van der Waals surface area contributed by atoms with Gasteiger partial charge in [0, 0.05) is 30.4 Å². The third kappa shape index (κ3) is 4.51. The number of halogens is 4. The van der Waals surface area contributed by atoms with E-state index in [1.54, 1.807) is 32.9 Å². The topological polar surface area (TPSA) is 84.4 Å². The molecule has 0 saturated heterocycles. The summed E-state index contributed by atoms with van der Waals surface area (Å²) in [5.74, 6) is -5.00. The maximum Gasteiger partial charge on any atom is 0.340 e. The highest BCUT2D eigenvalue weighted by Crippen LogP contribution is 2.33. The van der Waals surface area contributed by atoms with Gasteiger partial charge >= 0.3 is 12.3 Å². The van der Waals surface area contributed by atoms with Gasteiger partial charge in [0.05, 0.1) is 17.9 Å². The van der Waals surface area contributed by atoms with Gasteiger partial charge in [0.25, 0.3) is 11.8 Å². The van der Waals surface area contributed by atoms with Gasteiger partial charge in [-0.05, 0) is 38.5 Å². The van der Waals surface area contributed by atoms with Crippen molar-refractivity contribution < 1.29 is 31.9 Å². The van der Waals surface area contributed by atoms with Crippen molar-refractivity contribution in [1.29, 1.82) is 0 Å². The Morgan fingerprint density at radius 3 is 2.69 bits per heavy atom. The predicted octanol–water partition coefficient (Wildman–Crippen LogP) is 3.53. The molecule has 0 fully saturated rings. The van der Waals surface area contributed by atoms with Crippen LogP contribution in [0.25, 0.3) is 0 Å². The third-order valence-electron chi connectivity index (χ3n) is 5.15. The van der Waals surface area contributed by atoms with E-state index >= 15 is 0 Å². The number of aryl methyl sites for hydroxylation is 1. The lowest BCUT2D eigenvalue weighted by Gasteiger charge is -2.24. The van der Waals surface area contributed by atoms with Crippen LogP contribution in [0.2, 0.25) is 0 Å². The van der Waals surface area contributed by atoms with Crippen LogP contribution in [0.3, 0.4) is 0 Å². The largest absolute Gasteiger partial charge is 0.485 e. The van der Waals surface area contributed by atoms with Gasteiger partial charge in [-0.1, -0.05) is 0 Å². The summed E-state index contributed by atoms with van der Waals surface area (Å²) in [4.78, 5) is 35.0. The Labute approximate surface area is 181 Å². The molecule has 0 bridgehead atoms. The number of amides is 2. The van der Waals surface area contributed by atoms with Crippen LogP contribution in [0.15, 0.2) is 24.5 Å². The predicted molar refractivity (Wildman–Crippen MR) is 106 cm³/mol. The molecule has 172 valence electrons. The zero-order valence-electron chi connectivity index (χ0n) is 17.7. The van der Waals surface area contributed by atoms with E-state index < -0.39 is 25.0 Å². The van der Waals surface area contributed by atoms with Gasteiger partial charge in [-0.2, -0.15) is 8.78 Å². The fourth-order valence-electron chi connectivity index (χ4n) is 3.34. The average Bonchev–Trinajstić information content (AvgIpc) is 3.09. The van der Waals surface area contributed by atoms with Crippen LogP contribution < -0.4 is 10.1 Å². The fourth-order valence-corrected chi connectivity index (χ4v) is 3.34. The van der Waals surface area contributed by atoms with Crippen LogP contribution >= 0.6 is 0 Å². The molecule has 0 aromatic carbocycles. The fraction of sp³-hybridized carbons (Fsp3) is 0.429. The molecule has 0 aliphatic carbocycles. The quantitative estimate of drug-likeness (QED) is 0.617. The number of aromatic nitrogens is 2. The van der Waals surface area contributed by atoms with Crippen molar-refractivity contribution in [2.24, 2.45) is 0 Å². The van der Waals surface area contributed by atoms with Crippen LogP contribution in [0.1, 0.15) is 57.6 Å². The Bertz CT molecular complexity index is 1030. The van der Waals surface area contributed by atoms with Crippen molar-refractivity contribution >= 4 is 11.8 Å². The first kappa shape index (κ1) is 23.4. The van der Waals surface area contributed by atoms with Crippen LogP contribution in [-0.2, 0) is 6.54 Å². The molecule has 0 spiro atoms. The number of nitrogens with one attached hydrogen (secondary N) is 1. The number of carbonyl (C=O) groups is 2. The molecule has 32 heavy (non-hydrogen) atoms. The second-order valence-electron chi connectivity index (χ2n) is 7.38. The molecule has 1 unspecified atom stereocenters. The first-order valence-corrected chi connectivity index (χ1v) is 9.89. The lowest BCUT2D eigenvalue weighted by molar-refractivity contribution is -0.148. The van der Waals surface area contributed by atoms with Crippen LogP contribution in [-0.4, -0.2) is 52.2 Å². The van der Waals surface area contributed by atoms with Crippen molar-refractivity contribution in [3.05, 3.63) is 52.6 Å². The summed E-state index contributed by atoms with van der Waals surface area (Å²) in [6.07, 6.45) is -1.27. The van der Waals surface area contributed by atoms with Gasteiger partial charge in [0.15, 0.2) is 6.61 Å². The minimum absolute atomic E-state index is 0.0555. The SMILES string of the molecule is CCNC(=O)c1nccc2c1CN(C(C)c1cc(C)c(OCC(F)(F)C(F)F)cn1)C2=O. The minimum atomic E-state index is -4.28. The Morgan fingerprint density at radius 1 is 1.34 bits per heavy atom. The molecule has 0 radical (unpaired) electrons. The summed E-state index contributed by atoms with van der Waals surface area (Å²) in [6, 6.07) is 2.57. The maximum atomic E-state index is 13.1. The summed E-state index contributed by atoms with van der Waals surface area (Å²) in [6.45, 7) is 4.16. The number of carbonyl (C=O) groups excluding carboxylic acids is 2. The van der Waals surface area contributed by atoms with Gasteiger partial charge in [-0.15, -0.1) is 0 Å². The average molecular weight is 454 g/mol. The van der Waals surface area contributed by atoms with Crippen molar-refractivity contribution in [3.63, 3.8) is 0 Å². The van der Waals surface area contributed by atoms with Crippen molar-refractivity contribution in [2.45, 2.75) is 45.7 Å². The van der Waals surface area contributed by atoms with Crippen LogP contribution in [0.5, 0.6) is 5.75 Å². The highest BCUT2D eigenvalue weighted by Gasteiger charge is 2.42. The van der Waals surface area contributed by atoms with E-state index in [2.05, 4.69) is 15.3 Å². The summed E-state index contributed by atoms with van der Waals surface area (Å²) in [5, 5.41) is 2.67. The number of pyridine rings is 2. The van der Waals surface area contributed by atoms with E-state index in [-0.39, 0.29) is 29.8 Å². The van der Waals surface area contributed by atoms with Crippen molar-refractivity contribution in [2.75, 3.05) is 13.2 Å². The standard InChI is InChI=1S/C21H22F4N4O3/c1-4-26-18(30)17-14-9-29(19(31)13(14)5-6-27-17)12(3)15-7-11(2)16(8-28-15)32-10-21(24,25)20(22)23/h5-8,12,20H,4,9-10H2,1-3H3,(H,26,30). The summed E-state index contributed by atoms with van der Waals surface area (Å²) in [5.41, 5.74) is 1.92. The van der Waals surface area contributed by atoms with Gasteiger partial charge in [-0.25, -0.2) is 8.78 Å². The van der Waals surface area contributed by atoms with Crippen LogP contribution in [0.4, 0.5) is 17.6 Å². The molecule has 3 heterocycles. The van der Waals surface area contributed by atoms with Crippen LogP contribution in [0, 0.1) is 6.92 Å². The van der Waals surface area contributed by atoms with Crippen molar-refractivity contribution in [3.8, 4) is 5.75 Å². The molecule has 2 amide bonds. The molecule has 0 saturated carbocycles. The Balaban J connectivity index is 1.78. The van der Waals surface area contributed by atoms with E-state index in [9.17, 15) is 27.2 Å². The first-order valence-electron chi connectivity index (χ1n) is 9.89. The number of nitrogens with zero attached hydrogens (tertiary/aromatic N) is 3. The number of hydrogen-bond donors (Lipinski definition) is 1. The first-order chi connectivity index (χ1) is 15.1. The van der Waals surface area contributed by atoms with E-state index in [4.69, 9.17) is 4.74 Å². The Kier molecular flexibility index (Phi) is 6.65. The molecular formula is C21H22F4N4O3. The number of ether oxygens (including phenoxy) is 1. The second kappa shape index (κ2) is 9.09. The summed E-state index contributed by atoms with van der Waals surface area (Å²) < 4.78 is 55.7. The number of alkyl halides is 4. The van der Waals surface area contributed by atoms with E-state index in [1.165, 1.54) is 11.1 Å². The lowest BCUT2D eigenvalue weighted by atomic mass is 10.1.